The van der Waals surface area contributed by atoms with Crippen LogP contribution < -0.4 is 0 Å². The van der Waals surface area contributed by atoms with Crippen LogP contribution >= 0.6 is 0 Å². The van der Waals surface area contributed by atoms with Crippen LogP contribution in [-0.2, 0) is 17.8 Å². The fourth-order valence-electron chi connectivity index (χ4n) is 2.16. The highest BCUT2D eigenvalue weighted by Gasteiger charge is 2.16. The molecule has 3 heteroatoms. The molecule has 0 fully saturated rings. The van der Waals surface area contributed by atoms with Gasteiger partial charge in [0.05, 0.1) is 19.8 Å². The Balaban J connectivity index is 2.01. The Labute approximate surface area is 131 Å². The summed E-state index contributed by atoms with van der Waals surface area (Å²) in [7, 11) is 0. The molecule has 2 aromatic rings. The van der Waals surface area contributed by atoms with E-state index in [9.17, 15) is 9.50 Å². The SMILES string of the molecule is CC(C)(CO)COCc1ccc(F)c(Cc2ccccc2)c1. The molecule has 1 N–H and O–H groups in total. The molecule has 0 amide bonds. The van der Waals surface area contributed by atoms with E-state index in [1.165, 1.54) is 6.07 Å². The highest BCUT2D eigenvalue weighted by atomic mass is 19.1. The van der Waals surface area contributed by atoms with E-state index >= 15 is 0 Å². The molecule has 2 nitrogen and oxygen atoms in total. The van der Waals surface area contributed by atoms with Crippen LogP contribution in [0.3, 0.4) is 0 Å². The number of aliphatic hydroxyl groups is 1. The van der Waals surface area contributed by atoms with Crippen molar-refractivity contribution in [2.45, 2.75) is 26.9 Å². The van der Waals surface area contributed by atoms with Gasteiger partial charge in [-0.05, 0) is 22.8 Å². The van der Waals surface area contributed by atoms with Gasteiger partial charge in [0.2, 0.25) is 0 Å². The number of ether oxygens (including phenoxy) is 1. The van der Waals surface area contributed by atoms with Gasteiger partial charge in [-0.1, -0.05) is 56.3 Å². The molecule has 0 unspecified atom stereocenters. The van der Waals surface area contributed by atoms with Crippen LogP contribution in [0.4, 0.5) is 4.39 Å². The highest BCUT2D eigenvalue weighted by Crippen LogP contribution is 2.18. The molecule has 0 saturated heterocycles. The van der Waals surface area contributed by atoms with Gasteiger partial charge in [-0.25, -0.2) is 4.39 Å². The molecule has 0 aliphatic heterocycles. The van der Waals surface area contributed by atoms with Gasteiger partial charge in [0.1, 0.15) is 5.82 Å². The number of aliphatic hydroxyl groups excluding tert-OH is 1. The first-order chi connectivity index (χ1) is 10.5. The Kier molecular flexibility index (Phi) is 5.69. The predicted molar refractivity (Wildman–Crippen MR) is 86.2 cm³/mol. The zero-order valence-electron chi connectivity index (χ0n) is 13.2. The molecule has 0 aliphatic rings. The summed E-state index contributed by atoms with van der Waals surface area (Å²) < 4.78 is 19.6. The van der Waals surface area contributed by atoms with Crippen LogP contribution in [0.1, 0.15) is 30.5 Å². The van der Waals surface area contributed by atoms with Crippen LogP contribution in [0.25, 0.3) is 0 Å². The number of hydrogen-bond acceptors (Lipinski definition) is 2. The standard InChI is InChI=1S/C19H23FO2/c1-19(2,13-21)14-22-12-16-8-9-18(20)17(11-16)10-15-6-4-3-5-7-15/h3-9,11,21H,10,12-14H2,1-2H3. The number of benzene rings is 2. The smallest absolute Gasteiger partial charge is 0.126 e. The van der Waals surface area contributed by atoms with E-state index in [2.05, 4.69) is 0 Å². The molecule has 0 radical (unpaired) electrons. The Hall–Kier alpha value is -1.71. The summed E-state index contributed by atoms with van der Waals surface area (Å²) in [4.78, 5) is 0. The molecule has 2 aromatic carbocycles. The van der Waals surface area contributed by atoms with Crippen molar-refractivity contribution in [2.75, 3.05) is 13.2 Å². The molecule has 118 valence electrons. The van der Waals surface area contributed by atoms with Gasteiger partial charge in [-0.3, -0.25) is 0 Å². The fourth-order valence-corrected chi connectivity index (χ4v) is 2.16. The monoisotopic (exact) mass is 302 g/mol. The largest absolute Gasteiger partial charge is 0.396 e. The zero-order valence-corrected chi connectivity index (χ0v) is 13.2. The van der Waals surface area contributed by atoms with Gasteiger partial charge in [0, 0.05) is 11.8 Å². The maximum atomic E-state index is 13.9. The molecule has 2 rings (SSSR count). The molecular formula is C19H23FO2. The summed E-state index contributed by atoms with van der Waals surface area (Å²) in [5.41, 5.74) is 2.45. The molecule has 0 heterocycles. The Morgan fingerprint density at radius 1 is 1.05 bits per heavy atom. The Morgan fingerprint density at radius 2 is 1.77 bits per heavy atom. The van der Waals surface area contributed by atoms with Crippen LogP contribution in [0.2, 0.25) is 0 Å². The minimum Gasteiger partial charge on any atom is -0.396 e. The first kappa shape index (κ1) is 16.7. The van der Waals surface area contributed by atoms with E-state index in [4.69, 9.17) is 4.74 Å². The zero-order chi connectivity index (χ0) is 16.0. The molecule has 0 aliphatic carbocycles. The molecule has 0 atom stereocenters. The molecule has 0 spiro atoms. The topological polar surface area (TPSA) is 29.5 Å². The van der Waals surface area contributed by atoms with Gasteiger partial charge >= 0.3 is 0 Å². The van der Waals surface area contributed by atoms with Crippen LogP contribution in [-0.4, -0.2) is 18.3 Å². The molecule has 22 heavy (non-hydrogen) atoms. The van der Waals surface area contributed by atoms with Crippen molar-refractivity contribution in [1.82, 2.24) is 0 Å². The van der Waals surface area contributed by atoms with Crippen LogP contribution in [0, 0.1) is 11.2 Å². The number of rotatable bonds is 7. The van der Waals surface area contributed by atoms with E-state index in [0.717, 1.165) is 11.1 Å². The third kappa shape index (κ3) is 4.93. The van der Waals surface area contributed by atoms with Crippen molar-refractivity contribution in [1.29, 1.82) is 0 Å². The summed E-state index contributed by atoms with van der Waals surface area (Å²) in [6.07, 6.45) is 0.572. The maximum Gasteiger partial charge on any atom is 0.126 e. The fraction of sp³-hybridized carbons (Fsp3) is 0.368. The molecular weight excluding hydrogens is 279 g/mol. The Morgan fingerprint density at radius 3 is 2.45 bits per heavy atom. The second kappa shape index (κ2) is 7.52. The first-order valence-electron chi connectivity index (χ1n) is 7.50. The van der Waals surface area contributed by atoms with Crippen LogP contribution in [0.5, 0.6) is 0 Å². The van der Waals surface area contributed by atoms with Crippen molar-refractivity contribution in [3.63, 3.8) is 0 Å². The van der Waals surface area contributed by atoms with Gasteiger partial charge in [-0.2, -0.15) is 0 Å². The van der Waals surface area contributed by atoms with Crippen molar-refractivity contribution in [3.05, 3.63) is 71.0 Å². The van der Waals surface area contributed by atoms with Gasteiger partial charge < -0.3 is 9.84 Å². The van der Waals surface area contributed by atoms with E-state index in [0.29, 0.717) is 25.2 Å². The minimum absolute atomic E-state index is 0.0790. The predicted octanol–water partition coefficient (Wildman–Crippen LogP) is 3.95. The lowest BCUT2D eigenvalue weighted by Crippen LogP contribution is -2.23. The normalized spacial score (nSPS) is 11.6. The number of hydrogen-bond donors (Lipinski definition) is 1. The maximum absolute atomic E-state index is 13.9. The summed E-state index contributed by atoms with van der Waals surface area (Å²) >= 11 is 0. The third-order valence-electron chi connectivity index (χ3n) is 3.54. The Bertz CT molecular complexity index is 594. The van der Waals surface area contributed by atoms with E-state index in [1.54, 1.807) is 6.07 Å². The first-order valence-corrected chi connectivity index (χ1v) is 7.50. The van der Waals surface area contributed by atoms with Gasteiger partial charge in [-0.15, -0.1) is 0 Å². The van der Waals surface area contributed by atoms with E-state index < -0.39 is 0 Å². The second-order valence-electron chi connectivity index (χ2n) is 6.40. The molecule has 0 saturated carbocycles. The third-order valence-corrected chi connectivity index (χ3v) is 3.54. The average Bonchev–Trinajstić information content (AvgIpc) is 2.51. The lowest BCUT2D eigenvalue weighted by atomic mass is 9.96. The van der Waals surface area contributed by atoms with Crippen molar-refractivity contribution >= 4 is 0 Å². The summed E-state index contributed by atoms with van der Waals surface area (Å²) in [5, 5.41) is 9.21. The van der Waals surface area contributed by atoms with E-state index in [1.807, 2.05) is 50.2 Å². The van der Waals surface area contributed by atoms with Crippen LogP contribution in [0.15, 0.2) is 48.5 Å². The lowest BCUT2D eigenvalue weighted by Gasteiger charge is -2.21. The van der Waals surface area contributed by atoms with Gasteiger partial charge in [0.25, 0.3) is 0 Å². The van der Waals surface area contributed by atoms with Crippen molar-refractivity contribution in [3.8, 4) is 0 Å². The number of halogens is 1. The quantitative estimate of drug-likeness (QED) is 0.839. The summed E-state index contributed by atoms with van der Waals surface area (Å²) in [6.45, 7) is 4.85. The highest BCUT2D eigenvalue weighted by molar-refractivity contribution is 5.30. The second-order valence-corrected chi connectivity index (χ2v) is 6.40. The minimum atomic E-state index is -0.257. The van der Waals surface area contributed by atoms with Gasteiger partial charge in [0.15, 0.2) is 0 Å². The van der Waals surface area contributed by atoms with E-state index in [-0.39, 0.29) is 17.8 Å². The molecule has 0 aromatic heterocycles. The lowest BCUT2D eigenvalue weighted by molar-refractivity contribution is 0.0197. The van der Waals surface area contributed by atoms with Crippen molar-refractivity contribution < 1.29 is 14.2 Å². The summed E-state index contributed by atoms with van der Waals surface area (Å²) in [6, 6.07) is 14.9. The molecule has 0 bridgehead atoms. The summed E-state index contributed by atoms with van der Waals surface area (Å²) in [5.74, 6) is -0.191. The van der Waals surface area contributed by atoms with Crippen molar-refractivity contribution in [2.24, 2.45) is 5.41 Å². The average molecular weight is 302 g/mol.